The van der Waals surface area contributed by atoms with Gasteiger partial charge < -0.3 is 9.64 Å². The first-order valence-corrected chi connectivity index (χ1v) is 9.47. The zero-order valence-electron chi connectivity index (χ0n) is 15.4. The Hall–Kier alpha value is -2.64. The molecule has 0 spiro atoms. The number of anilines is 1. The smallest absolute Gasteiger partial charge is 0.203 e. The van der Waals surface area contributed by atoms with Gasteiger partial charge in [0.05, 0.1) is 19.5 Å². The first-order chi connectivity index (χ1) is 13.3. The highest BCUT2D eigenvalue weighted by molar-refractivity contribution is 7.71. The number of hydrogen-bond acceptors (Lipinski definition) is 5. The Morgan fingerprint density at radius 2 is 1.67 bits per heavy atom. The third kappa shape index (κ3) is 3.74. The number of para-hydroxylation sites is 3. The van der Waals surface area contributed by atoms with Crippen LogP contribution in [0.2, 0.25) is 0 Å². The molecule has 3 aromatic rings. The number of piperazine rings is 1. The molecule has 1 aliphatic heterocycles. The number of hydrogen-bond donors (Lipinski definition) is 0. The van der Waals surface area contributed by atoms with E-state index in [0.717, 1.165) is 37.6 Å². The Kier molecular flexibility index (Phi) is 5.22. The van der Waals surface area contributed by atoms with E-state index < -0.39 is 0 Å². The summed E-state index contributed by atoms with van der Waals surface area (Å²) < 4.78 is 9.89. The first kappa shape index (κ1) is 17.8. The van der Waals surface area contributed by atoms with E-state index in [0.29, 0.717) is 11.4 Å². The number of rotatable bonds is 5. The topological polar surface area (TPSA) is 38.5 Å². The van der Waals surface area contributed by atoms with Gasteiger partial charge in [0.25, 0.3) is 0 Å². The number of methoxy groups -OCH3 is 1. The second-order valence-electron chi connectivity index (χ2n) is 6.54. The van der Waals surface area contributed by atoms with Crippen molar-refractivity contribution in [1.82, 2.24) is 19.2 Å². The number of nitrogens with zero attached hydrogens (tertiary/aromatic N) is 5. The van der Waals surface area contributed by atoms with Gasteiger partial charge in [-0.25, -0.2) is 4.68 Å². The lowest BCUT2D eigenvalue weighted by molar-refractivity contribution is 0.194. The predicted molar refractivity (Wildman–Crippen MR) is 109 cm³/mol. The molecule has 27 heavy (non-hydrogen) atoms. The maximum atomic E-state index is 5.65. The van der Waals surface area contributed by atoms with Crippen LogP contribution >= 0.6 is 12.2 Å². The van der Waals surface area contributed by atoms with Gasteiger partial charge in [-0.2, -0.15) is 5.10 Å². The number of ether oxygens (including phenoxy) is 1. The van der Waals surface area contributed by atoms with Crippen LogP contribution in [0.3, 0.4) is 0 Å². The van der Waals surface area contributed by atoms with Gasteiger partial charge in [-0.15, -0.1) is 0 Å². The van der Waals surface area contributed by atoms with Gasteiger partial charge in [-0.05, 0) is 36.5 Å². The third-order valence-corrected chi connectivity index (χ3v) is 5.31. The maximum Gasteiger partial charge on any atom is 0.203 e. The maximum absolute atomic E-state index is 5.65. The molecule has 6 nitrogen and oxygen atoms in total. The van der Waals surface area contributed by atoms with Crippen LogP contribution in [0.1, 0.15) is 0 Å². The molecule has 0 bridgehead atoms. The number of benzene rings is 2. The van der Waals surface area contributed by atoms with Crippen molar-refractivity contribution in [3.63, 3.8) is 0 Å². The average Bonchev–Trinajstić information content (AvgIpc) is 3.09. The van der Waals surface area contributed by atoms with Crippen molar-refractivity contribution >= 4 is 17.9 Å². The van der Waals surface area contributed by atoms with Crippen molar-refractivity contribution in [2.45, 2.75) is 6.67 Å². The van der Waals surface area contributed by atoms with Crippen LogP contribution in [0.5, 0.6) is 5.75 Å². The Morgan fingerprint density at radius 1 is 0.963 bits per heavy atom. The van der Waals surface area contributed by atoms with Crippen molar-refractivity contribution in [2.75, 3.05) is 38.2 Å². The summed E-state index contributed by atoms with van der Waals surface area (Å²) in [5.41, 5.74) is 2.19. The molecule has 0 N–H and O–H groups in total. The van der Waals surface area contributed by atoms with E-state index in [1.165, 1.54) is 5.69 Å². The average molecular weight is 382 g/mol. The quantitative estimate of drug-likeness (QED) is 0.635. The summed E-state index contributed by atoms with van der Waals surface area (Å²) in [5, 5.41) is 4.50. The summed E-state index contributed by atoms with van der Waals surface area (Å²) in [6, 6.07) is 18.4. The molecule has 4 rings (SSSR count). The second kappa shape index (κ2) is 7.94. The van der Waals surface area contributed by atoms with Crippen LogP contribution in [-0.2, 0) is 6.67 Å². The molecule has 2 heterocycles. The number of aromatic nitrogens is 3. The van der Waals surface area contributed by atoms with Gasteiger partial charge in [0, 0.05) is 31.9 Å². The minimum Gasteiger partial charge on any atom is -0.495 e. The van der Waals surface area contributed by atoms with Crippen LogP contribution in [0.15, 0.2) is 60.9 Å². The SMILES string of the molecule is COc1ccccc1-n1cnn(CN2CCN(c3ccccc3)CC2)c1=S. The van der Waals surface area contributed by atoms with Crippen molar-refractivity contribution < 1.29 is 4.74 Å². The lowest BCUT2D eigenvalue weighted by atomic mass is 10.2. The fourth-order valence-corrected chi connectivity index (χ4v) is 3.65. The zero-order chi connectivity index (χ0) is 18.6. The molecule has 7 heteroatoms. The van der Waals surface area contributed by atoms with Crippen LogP contribution < -0.4 is 9.64 Å². The fraction of sp³-hybridized carbons (Fsp3) is 0.300. The van der Waals surface area contributed by atoms with Gasteiger partial charge in [-0.3, -0.25) is 9.47 Å². The summed E-state index contributed by atoms with van der Waals surface area (Å²) in [5.74, 6) is 0.782. The van der Waals surface area contributed by atoms with Crippen molar-refractivity contribution in [2.24, 2.45) is 0 Å². The van der Waals surface area contributed by atoms with Gasteiger partial charge in [0.2, 0.25) is 4.77 Å². The summed E-state index contributed by atoms with van der Waals surface area (Å²) in [6.45, 7) is 4.68. The van der Waals surface area contributed by atoms with Crippen molar-refractivity contribution in [1.29, 1.82) is 0 Å². The van der Waals surface area contributed by atoms with Crippen LogP contribution in [-0.4, -0.2) is 52.5 Å². The van der Waals surface area contributed by atoms with E-state index in [4.69, 9.17) is 17.0 Å². The Balaban J connectivity index is 1.44. The molecule has 2 aromatic carbocycles. The van der Waals surface area contributed by atoms with Crippen LogP contribution in [0, 0.1) is 4.77 Å². The van der Waals surface area contributed by atoms with Gasteiger partial charge >= 0.3 is 0 Å². The molecule has 0 saturated carbocycles. The third-order valence-electron chi connectivity index (χ3n) is 4.91. The highest BCUT2D eigenvalue weighted by atomic mass is 32.1. The van der Waals surface area contributed by atoms with Gasteiger partial charge in [0.15, 0.2) is 0 Å². The molecule has 140 valence electrons. The second-order valence-corrected chi connectivity index (χ2v) is 6.90. The molecule has 1 aromatic heterocycles. The minimum atomic E-state index is 0.671. The van der Waals surface area contributed by atoms with E-state index in [1.807, 2.05) is 33.5 Å². The van der Waals surface area contributed by atoms with Crippen molar-refractivity contribution in [3.8, 4) is 11.4 Å². The summed E-state index contributed by atoms with van der Waals surface area (Å²) in [6.07, 6.45) is 1.76. The molecule has 1 fully saturated rings. The molecule has 0 radical (unpaired) electrons. The molecular formula is C20H23N5OS. The lowest BCUT2D eigenvalue weighted by Crippen LogP contribution is -2.46. The first-order valence-electron chi connectivity index (χ1n) is 9.06. The van der Waals surface area contributed by atoms with E-state index in [2.05, 4.69) is 45.2 Å². The Labute approximate surface area is 164 Å². The molecule has 0 amide bonds. The minimum absolute atomic E-state index is 0.671. The van der Waals surface area contributed by atoms with Crippen LogP contribution in [0.4, 0.5) is 5.69 Å². The fourth-order valence-electron chi connectivity index (χ4n) is 3.40. The van der Waals surface area contributed by atoms with Gasteiger partial charge in [-0.1, -0.05) is 30.3 Å². The summed E-state index contributed by atoms with van der Waals surface area (Å²) in [7, 11) is 1.67. The van der Waals surface area contributed by atoms with Gasteiger partial charge in [0.1, 0.15) is 12.1 Å². The van der Waals surface area contributed by atoms with E-state index in [9.17, 15) is 0 Å². The monoisotopic (exact) mass is 381 g/mol. The normalized spacial score (nSPS) is 15.1. The van der Waals surface area contributed by atoms with Crippen molar-refractivity contribution in [3.05, 3.63) is 65.7 Å². The Morgan fingerprint density at radius 3 is 2.41 bits per heavy atom. The van der Waals surface area contributed by atoms with E-state index >= 15 is 0 Å². The molecular weight excluding hydrogens is 358 g/mol. The highest BCUT2D eigenvalue weighted by Gasteiger charge is 2.18. The Bertz CT molecular complexity index is 944. The standard InChI is InChI=1S/C20H23N5OS/c1-26-19-10-6-5-9-18(19)24-15-21-25(20(24)27)16-22-11-13-23(14-12-22)17-7-3-2-4-8-17/h2-10,15H,11-14,16H2,1H3. The molecule has 0 atom stereocenters. The lowest BCUT2D eigenvalue weighted by Gasteiger charge is -2.35. The molecule has 1 saturated heterocycles. The van der Waals surface area contributed by atoms with E-state index in [-0.39, 0.29) is 0 Å². The molecule has 0 aliphatic carbocycles. The summed E-state index contributed by atoms with van der Waals surface area (Å²) in [4.78, 5) is 4.80. The predicted octanol–water partition coefficient (Wildman–Crippen LogP) is 3.19. The van der Waals surface area contributed by atoms with Crippen LogP contribution in [0.25, 0.3) is 5.69 Å². The highest BCUT2D eigenvalue weighted by Crippen LogP contribution is 2.22. The van der Waals surface area contributed by atoms with E-state index in [1.54, 1.807) is 13.4 Å². The summed E-state index contributed by atoms with van der Waals surface area (Å²) >= 11 is 5.65. The zero-order valence-corrected chi connectivity index (χ0v) is 16.2. The molecule has 0 unspecified atom stereocenters. The molecule has 1 aliphatic rings. The largest absolute Gasteiger partial charge is 0.495 e.